The first-order chi connectivity index (χ1) is 13.6. The van der Waals surface area contributed by atoms with Crippen molar-refractivity contribution in [1.29, 1.82) is 5.26 Å². The maximum atomic E-state index is 9.35. The maximum Gasteiger partial charge on any atom is 0.224 e. The highest BCUT2D eigenvalue weighted by Crippen LogP contribution is 2.25. The molecule has 2 N–H and O–H groups in total. The zero-order valence-electron chi connectivity index (χ0n) is 16.4. The Hall–Kier alpha value is -3.05. The molecule has 1 aromatic heterocycles. The number of nitrogens with zero attached hydrogens (tertiary/aromatic N) is 3. The molecule has 1 aliphatic heterocycles. The number of anilines is 2. The summed E-state index contributed by atoms with van der Waals surface area (Å²) in [4.78, 5) is 8.93. The van der Waals surface area contributed by atoms with Crippen LogP contribution in [-0.2, 0) is 11.3 Å². The van der Waals surface area contributed by atoms with E-state index >= 15 is 0 Å². The predicted molar refractivity (Wildman–Crippen MR) is 106 cm³/mol. The molecule has 1 aliphatic rings. The molecule has 2 atom stereocenters. The Morgan fingerprint density at radius 1 is 1.32 bits per heavy atom. The summed E-state index contributed by atoms with van der Waals surface area (Å²) in [6.45, 7) is 3.55. The van der Waals surface area contributed by atoms with Crippen LogP contribution in [-0.4, -0.2) is 43.4 Å². The van der Waals surface area contributed by atoms with Gasteiger partial charge in [-0.15, -0.1) is 0 Å². The molecule has 0 radical (unpaired) electrons. The van der Waals surface area contributed by atoms with E-state index in [1.54, 1.807) is 20.4 Å². The third-order valence-electron chi connectivity index (χ3n) is 4.75. The molecule has 0 saturated carbocycles. The molecular formula is C20H25N5O3. The van der Waals surface area contributed by atoms with E-state index in [1.807, 2.05) is 25.1 Å². The van der Waals surface area contributed by atoms with Gasteiger partial charge in [-0.3, -0.25) is 0 Å². The summed E-state index contributed by atoms with van der Waals surface area (Å²) in [5.41, 5.74) is 1.88. The van der Waals surface area contributed by atoms with Gasteiger partial charge >= 0.3 is 0 Å². The van der Waals surface area contributed by atoms with E-state index in [1.165, 1.54) is 0 Å². The van der Waals surface area contributed by atoms with Gasteiger partial charge in [0.25, 0.3) is 0 Å². The molecule has 2 heterocycles. The zero-order valence-corrected chi connectivity index (χ0v) is 16.4. The summed E-state index contributed by atoms with van der Waals surface area (Å²) in [5.74, 6) is 2.57. The maximum absolute atomic E-state index is 9.35. The fourth-order valence-corrected chi connectivity index (χ4v) is 3.06. The number of nitriles is 1. The molecule has 0 spiro atoms. The van der Waals surface area contributed by atoms with Crippen molar-refractivity contribution < 1.29 is 14.2 Å². The molecule has 2 aromatic rings. The summed E-state index contributed by atoms with van der Waals surface area (Å²) in [6.07, 6.45) is 2.48. The Morgan fingerprint density at radius 3 is 2.93 bits per heavy atom. The Bertz CT molecular complexity index is 852. The molecule has 0 aliphatic carbocycles. The highest BCUT2D eigenvalue weighted by molar-refractivity contribution is 5.48. The number of hydrogen-bond acceptors (Lipinski definition) is 8. The summed E-state index contributed by atoms with van der Waals surface area (Å²) < 4.78 is 16.2. The fourth-order valence-electron chi connectivity index (χ4n) is 3.06. The lowest BCUT2D eigenvalue weighted by molar-refractivity contribution is 0.0698. The van der Waals surface area contributed by atoms with Crippen LogP contribution in [0.4, 0.5) is 11.8 Å². The molecule has 0 bridgehead atoms. The lowest BCUT2D eigenvalue weighted by Crippen LogP contribution is -2.38. The third-order valence-corrected chi connectivity index (χ3v) is 4.75. The minimum absolute atomic E-state index is 0.0816. The minimum atomic E-state index is -0.0944. The van der Waals surface area contributed by atoms with Crippen LogP contribution in [0.25, 0.3) is 0 Å². The van der Waals surface area contributed by atoms with E-state index in [2.05, 4.69) is 26.7 Å². The summed E-state index contributed by atoms with van der Waals surface area (Å²) in [6, 6.07) is 7.93. The third kappa shape index (κ3) is 4.61. The van der Waals surface area contributed by atoms with E-state index in [4.69, 9.17) is 14.2 Å². The first kappa shape index (κ1) is 19.7. The van der Waals surface area contributed by atoms with Gasteiger partial charge in [-0.1, -0.05) is 0 Å². The second-order valence-corrected chi connectivity index (χ2v) is 6.61. The highest BCUT2D eigenvalue weighted by Gasteiger charge is 2.26. The van der Waals surface area contributed by atoms with Gasteiger partial charge in [0, 0.05) is 36.5 Å². The van der Waals surface area contributed by atoms with Crippen LogP contribution in [0.5, 0.6) is 11.5 Å². The van der Waals surface area contributed by atoms with Gasteiger partial charge in [0.1, 0.15) is 17.3 Å². The van der Waals surface area contributed by atoms with E-state index in [0.29, 0.717) is 31.5 Å². The van der Waals surface area contributed by atoms with Crippen LogP contribution in [0, 0.1) is 24.2 Å². The van der Waals surface area contributed by atoms with Crippen LogP contribution in [0.1, 0.15) is 17.5 Å². The van der Waals surface area contributed by atoms with Crippen LogP contribution in [0.15, 0.2) is 24.4 Å². The van der Waals surface area contributed by atoms with Gasteiger partial charge in [0.15, 0.2) is 0 Å². The van der Waals surface area contributed by atoms with Crippen LogP contribution in [0.3, 0.4) is 0 Å². The first-order valence-corrected chi connectivity index (χ1v) is 9.17. The largest absolute Gasteiger partial charge is 0.497 e. The quantitative estimate of drug-likeness (QED) is 0.753. The average molecular weight is 383 g/mol. The Balaban J connectivity index is 1.70. The topological polar surface area (TPSA) is 101 Å². The van der Waals surface area contributed by atoms with Gasteiger partial charge in [0.05, 0.1) is 38.9 Å². The molecular weight excluding hydrogens is 358 g/mol. The lowest BCUT2D eigenvalue weighted by atomic mass is 9.96. The molecule has 1 aromatic carbocycles. The van der Waals surface area contributed by atoms with Crippen molar-refractivity contribution in [3.8, 4) is 17.6 Å². The average Bonchev–Trinajstić information content (AvgIpc) is 2.74. The monoisotopic (exact) mass is 383 g/mol. The molecule has 28 heavy (non-hydrogen) atoms. The van der Waals surface area contributed by atoms with Gasteiger partial charge < -0.3 is 24.8 Å². The molecule has 1 fully saturated rings. The smallest absolute Gasteiger partial charge is 0.224 e. The molecule has 8 nitrogen and oxygen atoms in total. The van der Waals surface area contributed by atoms with Crippen molar-refractivity contribution in [2.75, 3.05) is 38.1 Å². The van der Waals surface area contributed by atoms with Crippen molar-refractivity contribution in [3.05, 3.63) is 35.5 Å². The van der Waals surface area contributed by atoms with Crippen molar-refractivity contribution >= 4 is 11.8 Å². The lowest BCUT2D eigenvalue weighted by Gasteiger charge is -2.28. The first-order valence-electron chi connectivity index (χ1n) is 9.17. The Kier molecular flexibility index (Phi) is 6.50. The molecule has 1 saturated heterocycles. The van der Waals surface area contributed by atoms with Crippen LogP contribution in [0.2, 0.25) is 0 Å². The molecule has 3 rings (SSSR count). The van der Waals surface area contributed by atoms with Gasteiger partial charge in [-0.25, -0.2) is 4.98 Å². The van der Waals surface area contributed by atoms with E-state index in [-0.39, 0.29) is 12.0 Å². The van der Waals surface area contributed by atoms with E-state index in [0.717, 1.165) is 29.0 Å². The number of benzene rings is 1. The van der Waals surface area contributed by atoms with E-state index < -0.39 is 0 Å². The number of ether oxygens (including phenoxy) is 3. The molecule has 0 unspecified atom stereocenters. The van der Waals surface area contributed by atoms with Crippen molar-refractivity contribution in [2.24, 2.45) is 5.92 Å². The normalized spacial score (nSPS) is 18.8. The number of methoxy groups -OCH3 is 2. The van der Waals surface area contributed by atoms with E-state index in [9.17, 15) is 5.26 Å². The van der Waals surface area contributed by atoms with Crippen molar-refractivity contribution in [1.82, 2.24) is 9.97 Å². The van der Waals surface area contributed by atoms with Crippen LogP contribution < -0.4 is 20.1 Å². The van der Waals surface area contributed by atoms with Crippen molar-refractivity contribution in [3.63, 3.8) is 0 Å². The molecule has 8 heteroatoms. The van der Waals surface area contributed by atoms with Gasteiger partial charge in [-0.05, 0) is 25.5 Å². The number of nitrogens with one attached hydrogen (secondary N) is 2. The molecule has 0 amide bonds. The summed E-state index contributed by atoms with van der Waals surface area (Å²) >= 11 is 0. The Morgan fingerprint density at radius 2 is 2.18 bits per heavy atom. The summed E-state index contributed by atoms with van der Waals surface area (Å²) in [5, 5.41) is 15.9. The SMILES string of the molecule is COc1ccc(CNc2ncc(C)c(N[C@@H]3COCC[C@H]3C#N)n2)c(OC)c1. The highest BCUT2D eigenvalue weighted by atomic mass is 16.5. The summed E-state index contributed by atoms with van der Waals surface area (Å²) in [7, 11) is 3.25. The predicted octanol–water partition coefficient (Wildman–Crippen LogP) is 2.75. The number of aromatic nitrogens is 2. The second-order valence-electron chi connectivity index (χ2n) is 6.61. The number of hydrogen-bond donors (Lipinski definition) is 2. The minimum Gasteiger partial charge on any atom is -0.497 e. The number of aryl methyl sites for hydroxylation is 1. The molecule has 148 valence electrons. The number of rotatable bonds is 7. The second kappa shape index (κ2) is 9.24. The zero-order chi connectivity index (χ0) is 19.9. The van der Waals surface area contributed by atoms with Gasteiger partial charge in [0.2, 0.25) is 5.95 Å². The van der Waals surface area contributed by atoms with Crippen LogP contribution >= 0.6 is 0 Å². The Labute approximate surface area is 164 Å². The fraction of sp³-hybridized carbons (Fsp3) is 0.450. The van der Waals surface area contributed by atoms with Gasteiger partial charge in [-0.2, -0.15) is 10.2 Å². The van der Waals surface area contributed by atoms with Crippen molar-refractivity contribution in [2.45, 2.75) is 25.9 Å². The standard InChI is InChI=1S/C20H25N5O3/c1-13-10-22-20(23-11-15-4-5-16(26-2)8-18(15)27-3)25-19(13)24-17-12-28-7-6-14(17)9-21/h4-5,8,10,14,17H,6-7,11-12H2,1-3H3,(H2,22,23,24,25)/t14-,17+/m0/s1.